The molecule has 1 amide bonds. The third-order valence-corrected chi connectivity index (χ3v) is 7.87. The summed E-state index contributed by atoms with van der Waals surface area (Å²) >= 11 is 0. The number of ether oxygens (including phenoxy) is 3. The van der Waals surface area contributed by atoms with Crippen LogP contribution in [0.15, 0.2) is 36.4 Å². The van der Waals surface area contributed by atoms with Gasteiger partial charge in [0.2, 0.25) is 0 Å². The van der Waals surface area contributed by atoms with Gasteiger partial charge in [-0.1, -0.05) is 18.2 Å². The van der Waals surface area contributed by atoms with E-state index in [-0.39, 0.29) is 36.4 Å². The quantitative estimate of drug-likeness (QED) is 0.635. The highest BCUT2D eigenvalue weighted by molar-refractivity contribution is 5.92. The summed E-state index contributed by atoms with van der Waals surface area (Å²) in [4.78, 5) is 31.0. The molecule has 5 rings (SSSR count). The van der Waals surface area contributed by atoms with Crippen LogP contribution >= 0.6 is 0 Å². The molecule has 0 radical (unpaired) electrons. The monoisotopic (exact) mass is 494 g/mol. The van der Waals surface area contributed by atoms with Gasteiger partial charge in [-0.25, -0.2) is 4.98 Å². The Balaban J connectivity index is 1.43. The van der Waals surface area contributed by atoms with Crippen molar-refractivity contribution < 1.29 is 28.9 Å². The molecule has 0 saturated carbocycles. The number of amides is 1. The molecule has 1 N–H and O–H groups in total. The van der Waals surface area contributed by atoms with E-state index in [0.717, 1.165) is 24.1 Å². The molecule has 4 heterocycles. The Morgan fingerprint density at radius 2 is 2.06 bits per heavy atom. The molecule has 5 atom stereocenters. The van der Waals surface area contributed by atoms with Gasteiger partial charge >= 0.3 is 5.97 Å². The molecule has 192 valence electrons. The van der Waals surface area contributed by atoms with Crippen molar-refractivity contribution in [2.24, 2.45) is 11.8 Å². The number of aryl methyl sites for hydroxylation is 1. The first-order valence-electron chi connectivity index (χ1n) is 12.8. The topological polar surface area (TPSA) is 98.2 Å². The van der Waals surface area contributed by atoms with E-state index in [4.69, 9.17) is 14.2 Å². The van der Waals surface area contributed by atoms with Crippen LogP contribution in [0.1, 0.15) is 67.4 Å². The number of nitrogens with zero attached hydrogens (tertiary/aromatic N) is 2. The molecule has 1 aromatic heterocycles. The largest absolute Gasteiger partial charge is 0.490 e. The van der Waals surface area contributed by atoms with Gasteiger partial charge in [0.25, 0.3) is 5.91 Å². The highest BCUT2D eigenvalue weighted by atomic mass is 16.5. The molecule has 2 fully saturated rings. The molecule has 0 spiro atoms. The maximum Gasteiger partial charge on any atom is 0.303 e. The van der Waals surface area contributed by atoms with Crippen molar-refractivity contribution in [2.45, 2.75) is 64.3 Å². The number of aliphatic carboxylic acids is 1. The van der Waals surface area contributed by atoms with Crippen LogP contribution in [-0.2, 0) is 9.53 Å². The van der Waals surface area contributed by atoms with Crippen molar-refractivity contribution in [3.8, 4) is 11.5 Å². The zero-order valence-corrected chi connectivity index (χ0v) is 21.1. The van der Waals surface area contributed by atoms with Crippen LogP contribution in [0, 0.1) is 18.8 Å². The Morgan fingerprint density at radius 3 is 2.81 bits per heavy atom. The Hall–Kier alpha value is -3.13. The van der Waals surface area contributed by atoms with Crippen LogP contribution in [0.5, 0.6) is 11.5 Å². The van der Waals surface area contributed by atoms with Crippen LogP contribution < -0.4 is 9.47 Å². The zero-order chi connectivity index (χ0) is 25.4. The lowest BCUT2D eigenvalue weighted by molar-refractivity contribution is -0.191. The summed E-state index contributed by atoms with van der Waals surface area (Å²) in [5.41, 5.74) is 1.50. The van der Waals surface area contributed by atoms with Gasteiger partial charge < -0.3 is 24.2 Å². The smallest absolute Gasteiger partial charge is 0.303 e. The molecular formula is C28H34N2O6. The molecular weight excluding hydrogens is 460 g/mol. The Bertz CT molecular complexity index is 1150. The van der Waals surface area contributed by atoms with Gasteiger partial charge in [0.15, 0.2) is 11.5 Å². The molecule has 2 saturated heterocycles. The molecule has 0 aliphatic carbocycles. The third-order valence-electron chi connectivity index (χ3n) is 7.87. The fourth-order valence-corrected chi connectivity index (χ4v) is 6.05. The number of likely N-dealkylation sites (tertiary alicyclic amines) is 1. The fourth-order valence-electron chi connectivity index (χ4n) is 6.05. The number of pyridine rings is 1. The Morgan fingerprint density at radius 1 is 1.25 bits per heavy atom. The lowest BCUT2D eigenvalue weighted by Gasteiger charge is -2.54. The maximum atomic E-state index is 13.2. The van der Waals surface area contributed by atoms with E-state index < -0.39 is 11.6 Å². The van der Waals surface area contributed by atoms with Crippen molar-refractivity contribution in [1.82, 2.24) is 9.88 Å². The van der Waals surface area contributed by atoms with Gasteiger partial charge in [-0.2, -0.15) is 0 Å². The van der Waals surface area contributed by atoms with E-state index in [1.54, 1.807) is 6.07 Å². The van der Waals surface area contributed by atoms with E-state index in [1.807, 2.05) is 56.0 Å². The highest BCUT2D eigenvalue weighted by Gasteiger charge is 2.54. The number of carboxylic acids is 1. The zero-order valence-electron chi connectivity index (χ0n) is 21.1. The third kappa shape index (κ3) is 4.54. The number of para-hydroxylation sites is 1. The van der Waals surface area contributed by atoms with Gasteiger partial charge in [0.1, 0.15) is 11.3 Å². The predicted molar refractivity (Wildman–Crippen MR) is 132 cm³/mol. The minimum absolute atomic E-state index is 0.00356. The first-order valence-corrected chi connectivity index (χ1v) is 12.8. The number of hydrogen-bond acceptors (Lipinski definition) is 6. The van der Waals surface area contributed by atoms with Gasteiger partial charge in [-0.15, -0.1) is 0 Å². The summed E-state index contributed by atoms with van der Waals surface area (Å²) in [5, 5.41) is 9.44. The summed E-state index contributed by atoms with van der Waals surface area (Å²) in [7, 11) is 0. The maximum absolute atomic E-state index is 13.2. The SMILES string of the molecule is CCOc1cccc2c1O[C@@](C)(CCC(=O)O)[C@@H]1C[C@@H]3CN(C(=O)c4cccc(C)n4)CC[C@H]3O[C@@H]21. The first-order chi connectivity index (χ1) is 17.3. The summed E-state index contributed by atoms with van der Waals surface area (Å²) in [6, 6.07) is 11.4. The molecule has 2 aromatic rings. The average molecular weight is 495 g/mol. The standard InChI is InChI=1S/C28H34N2O6/c1-4-34-23-10-6-8-19-25-20(28(3,36-26(19)23)13-11-24(31)32)15-18-16-30(14-12-22(18)35-25)27(33)21-9-5-7-17(2)29-21/h5-10,18,20,22,25H,4,11-16H2,1-3H3,(H,31,32)/t18-,20-,22-,25+,28+/m1/s1. The van der Waals surface area contributed by atoms with Gasteiger partial charge in [0.05, 0.1) is 18.8 Å². The molecule has 36 heavy (non-hydrogen) atoms. The van der Waals surface area contributed by atoms with Crippen LogP contribution in [0.25, 0.3) is 0 Å². The van der Waals surface area contributed by atoms with Crippen LogP contribution in [0.4, 0.5) is 0 Å². The van der Waals surface area contributed by atoms with Crippen molar-refractivity contribution >= 4 is 11.9 Å². The van der Waals surface area contributed by atoms with E-state index in [0.29, 0.717) is 43.3 Å². The second kappa shape index (κ2) is 9.73. The number of hydrogen-bond donors (Lipinski definition) is 1. The van der Waals surface area contributed by atoms with Crippen LogP contribution in [0.3, 0.4) is 0 Å². The molecule has 3 aliphatic heterocycles. The molecule has 0 bridgehead atoms. The summed E-state index contributed by atoms with van der Waals surface area (Å²) < 4.78 is 19.2. The normalized spacial score (nSPS) is 28.8. The van der Waals surface area contributed by atoms with Crippen molar-refractivity contribution in [3.63, 3.8) is 0 Å². The second-order valence-corrected chi connectivity index (χ2v) is 10.3. The molecule has 8 heteroatoms. The highest BCUT2D eigenvalue weighted by Crippen LogP contribution is 2.56. The number of carbonyl (C=O) groups excluding carboxylic acids is 1. The first kappa shape index (κ1) is 24.6. The molecule has 0 unspecified atom stereocenters. The lowest BCUT2D eigenvalue weighted by Crippen LogP contribution is -2.57. The van der Waals surface area contributed by atoms with Gasteiger partial charge in [-0.05, 0) is 58.2 Å². The number of aromatic nitrogens is 1. The fraction of sp³-hybridized carbons (Fsp3) is 0.536. The number of benzene rings is 1. The van der Waals surface area contributed by atoms with Crippen molar-refractivity contribution in [1.29, 1.82) is 0 Å². The summed E-state index contributed by atoms with van der Waals surface area (Å²) in [6.45, 7) is 7.51. The van der Waals surface area contributed by atoms with Gasteiger partial charge in [-0.3, -0.25) is 9.59 Å². The van der Waals surface area contributed by atoms with E-state index in [1.165, 1.54) is 0 Å². The Labute approximate surface area is 211 Å². The van der Waals surface area contributed by atoms with E-state index >= 15 is 0 Å². The molecule has 3 aliphatic rings. The van der Waals surface area contributed by atoms with Gasteiger partial charge in [0, 0.05) is 42.6 Å². The minimum atomic E-state index is -0.852. The van der Waals surface area contributed by atoms with Crippen molar-refractivity contribution in [2.75, 3.05) is 19.7 Å². The number of fused-ring (bicyclic) bond motifs is 4. The summed E-state index contributed by atoms with van der Waals surface area (Å²) in [5.74, 6) is 0.499. The average Bonchev–Trinajstić information content (AvgIpc) is 2.87. The van der Waals surface area contributed by atoms with E-state index in [2.05, 4.69) is 4.98 Å². The minimum Gasteiger partial charge on any atom is -0.490 e. The van der Waals surface area contributed by atoms with Crippen LogP contribution in [0.2, 0.25) is 0 Å². The Kier molecular flexibility index (Phi) is 6.64. The predicted octanol–water partition coefficient (Wildman–Crippen LogP) is 4.41. The van der Waals surface area contributed by atoms with E-state index in [9.17, 15) is 14.7 Å². The molecule has 8 nitrogen and oxygen atoms in total. The second-order valence-electron chi connectivity index (χ2n) is 10.3. The lowest BCUT2D eigenvalue weighted by atomic mass is 9.68. The number of carbonyl (C=O) groups is 2. The molecule has 1 aromatic carbocycles. The number of piperidine rings is 1. The number of rotatable bonds is 6. The van der Waals surface area contributed by atoms with Crippen LogP contribution in [-0.4, -0.2) is 58.3 Å². The number of carboxylic acid groups (broad SMARTS) is 1. The summed E-state index contributed by atoms with van der Waals surface area (Å²) in [6.07, 6.45) is 1.71. The van der Waals surface area contributed by atoms with Crippen molar-refractivity contribution in [3.05, 3.63) is 53.3 Å².